The van der Waals surface area contributed by atoms with Crippen LogP contribution < -0.4 is 4.72 Å². The molecule has 1 aliphatic rings. The van der Waals surface area contributed by atoms with E-state index < -0.39 is 15.3 Å². The minimum atomic E-state index is -3.28. The third-order valence-electron chi connectivity index (χ3n) is 4.24. The van der Waals surface area contributed by atoms with E-state index in [1.807, 2.05) is 25.2 Å². The van der Waals surface area contributed by atoms with Gasteiger partial charge in [-0.25, -0.2) is 13.1 Å². The molecule has 0 heterocycles. The van der Waals surface area contributed by atoms with E-state index in [4.69, 9.17) is 0 Å². The maximum atomic E-state index is 12.2. The summed E-state index contributed by atoms with van der Waals surface area (Å²) in [4.78, 5) is 13.4. The molecule has 0 bridgehead atoms. The lowest BCUT2D eigenvalue weighted by molar-refractivity contribution is -0.120. The molecule has 5 nitrogen and oxygen atoms in total. The molecule has 0 spiro atoms. The molecule has 1 aromatic rings. The number of sulfonamides is 1. The summed E-state index contributed by atoms with van der Waals surface area (Å²) in [6.45, 7) is 2.14. The summed E-state index contributed by atoms with van der Waals surface area (Å²) in [6.07, 6.45) is 2.48. The van der Waals surface area contributed by atoms with Crippen molar-refractivity contribution in [3.05, 3.63) is 35.9 Å². The maximum Gasteiger partial charge on any atom is 0.214 e. The van der Waals surface area contributed by atoms with Gasteiger partial charge in [0.2, 0.25) is 10.0 Å². The second-order valence-corrected chi connectivity index (χ2v) is 8.30. The minimum absolute atomic E-state index is 0.180. The van der Waals surface area contributed by atoms with Crippen LogP contribution in [0.1, 0.15) is 37.7 Å². The van der Waals surface area contributed by atoms with Crippen molar-refractivity contribution >= 4 is 15.8 Å². The van der Waals surface area contributed by atoms with Crippen molar-refractivity contribution in [1.29, 1.82) is 0 Å². The Morgan fingerprint density at radius 2 is 1.83 bits per heavy atom. The van der Waals surface area contributed by atoms with Crippen LogP contribution in [0, 0.1) is 0 Å². The third kappa shape index (κ3) is 6.05. The highest BCUT2D eigenvalue weighted by Gasteiger charge is 2.29. The standard InChI is InChI=1S/C17H26N2O3S/c1-19(14-15-6-3-2-4-7-15)13-5-12-18-23(21,22)17-10-8-16(20)9-11-17/h2-4,6-7,17-18H,5,8-14H2,1H3. The number of Topliss-reactive ketones (excluding diaryl/α,β-unsaturated/α-hetero) is 1. The number of benzene rings is 1. The molecule has 23 heavy (non-hydrogen) atoms. The van der Waals surface area contributed by atoms with E-state index in [1.165, 1.54) is 5.56 Å². The molecule has 1 N–H and O–H groups in total. The Bertz CT molecular complexity index is 592. The van der Waals surface area contributed by atoms with E-state index in [0.29, 0.717) is 32.2 Å². The van der Waals surface area contributed by atoms with Crippen molar-refractivity contribution in [2.24, 2.45) is 0 Å². The van der Waals surface area contributed by atoms with Crippen LogP contribution >= 0.6 is 0 Å². The van der Waals surface area contributed by atoms with Gasteiger partial charge in [0.15, 0.2) is 0 Å². The van der Waals surface area contributed by atoms with Gasteiger partial charge in [0.25, 0.3) is 0 Å². The van der Waals surface area contributed by atoms with Gasteiger partial charge >= 0.3 is 0 Å². The van der Waals surface area contributed by atoms with Crippen molar-refractivity contribution in [3.8, 4) is 0 Å². The zero-order chi connectivity index (χ0) is 16.7. The fraction of sp³-hybridized carbons (Fsp3) is 0.588. The molecule has 6 heteroatoms. The zero-order valence-electron chi connectivity index (χ0n) is 13.7. The summed E-state index contributed by atoms with van der Waals surface area (Å²) in [7, 11) is -1.25. The quantitative estimate of drug-likeness (QED) is 0.736. The van der Waals surface area contributed by atoms with Crippen LogP contribution in [0.4, 0.5) is 0 Å². The Balaban J connectivity index is 1.67. The third-order valence-corrected chi connectivity index (χ3v) is 6.20. The van der Waals surface area contributed by atoms with Crippen LogP contribution in [-0.2, 0) is 21.4 Å². The Labute approximate surface area is 139 Å². The summed E-state index contributed by atoms with van der Waals surface area (Å²) in [5.41, 5.74) is 1.25. The molecule has 0 aromatic heterocycles. The fourth-order valence-electron chi connectivity index (χ4n) is 2.88. The first-order valence-electron chi connectivity index (χ1n) is 8.20. The summed E-state index contributed by atoms with van der Waals surface area (Å²) in [6, 6.07) is 10.2. The lowest BCUT2D eigenvalue weighted by atomic mass is 9.99. The van der Waals surface area contributed by atoms with Gasteiger partial charge in [-0.15, -0.1) is 0 Å². The average molecular weight is 338 g/mol. The van der Waals surface area contributed by atoms with Crippen LogP contribution in [-0.4, -0.2) is 44.5 Å². The predicted octanol–water partition coefficient (Wildman–Crippen LogP) is 1.94. The van der Waals surface area contributed by atoms with Crippen LogP contribution in [0.2, 0.25) is 0 Å². The number of nitrogens with one attached hydrogen (secondary N) is 1. The summed E-state index contributed by atoms with van der Waals surface area (Å²) in [5.74, 6) is 0.180. The SMILES string of the molecule is CN(CCCNS(=O)(=O)C1CCC(=O)CC1)Cc1ccccc1. The molecular weight excluding hydrogens is 312 g/mol. The van der Waals surface area contributed by atoms with Crippen LogP contribution in [0.15, 0.2) is 30.3 Å². The lowest BCUT2D eigenvalue weighted by Gasteiger charge is -2.22. The first kappa shape index (κ1) is 18.1. The molecular formula is C17H26N2O3S. The van der Waals surface area contributed by atoms with E-state index in [2.05, 4.69) is 21.8 Å². The number of ketones is 1. The van der Waals surface area contributed by atoms with Crippen molar-refractivity contribution < 1.29 is 13.2 Å². The van der Waals surface area contributed by atoms with Crippen LogP contribution in [0.3, 0.4) is 0 Å². The molecule has 1 saturated carbocycles. The first-order chi connectivity index (χ1) is 11.0. The largest absolute Gasteiger partial charge is 0.302 e. The van der Waals surface area contributed by atoms with E-state index in [0.717, 1.165) is 19.5 Å². The van der Waals surface area contributed by atoms with Crippen molar-refractivity contribution in [3.63, 3.8) is 0 Å². The number of rotatable bonds is 8. The highest BCUT2D eigenvalue weighted by Crippen LogP contribution is 2.20. The Kier molecular flexibility index (Phi) is 6.74. The maximum absolute atomic E-state index is 12.2. The lowest BCUT2D eigenvalue weighted by Crippen LogP contribution is -2.38. The van der Waals surface area contributed by atoms with E-state index >= 15 is 0 Å². The number of carbonyl (C=O) groups is 1. The van der Waals surface area contributed by atoms with Gasteiger partial charge in [-0.1, -0.05) is 30.3 Å². The summed E-state index contributed by atoms with van der Waals surface area (Å²) >= 11 is 0. The Morgan fingerprint density at radius 3 is 2.48 bits per heavy atom. The van der Waals surface area contributed by atoms with Crippen molar-refractivity contribution in [1.82, 2.24) is 9.62 Å². The van der Waals surface area contributed by atoms with Gasteiger partial charge in [0.1, 0.15) is 5.78 Å². The second kappa shape index (κ2) is 8.57. The molecule has 2 rings (SSSR count). The molecule has 0 aliphatic heterocycles. The first-order valence-corrected chi connectivity index (χ1v) is 9.74. The van der Waals surface area contributed by atoms with Gasteiger partial charge in [0, 0.05) is 25.9 Å². The van der Waals surface area contributed by atoms with Gasteiger partial charge in [-0.05, 0) is 38.4 Å². The molecule has 128 valence electrons. The van der Waals surface area contributed by atoms with Crippen molar-refractivity contribution in [2.75, 3.05) is 20.1 Å². The van der Waals surface area contributed by atoms with Crippen molar-refractivity contribution in [2.45, 2.75) is 43.9 Å². The van der Waals surface area contributed by atoms with Gasteiger partial charge in [0.05, 0.1) is 5.25 Å². The molecule has 1 fully saturated rings. The zero-order valence-corrected chi connectivity index (χ0v) is 14.5. The van der Waals surface area contributed by atoms with Gasteiger partial charge < -0.3 is 4.90 Å². The molecule has 1 aromatic carbocycles. The number of hydrogen-bond donors (Lipinski definition) is 1. The topological polar surface area (TPSA) is 66.5 Å². The van der Waals surface area contributed by atoms with Gasteiger partial charge in [-0.3, -0.25) is 4.79 Å². The minimum Gasteiger partial charge on any atom is -0.302 e. The number of carbonyl (C=O) groups excluding carboxylic acids is 1. The van der Waals surface area contributed by atoms with Crippen LogP contribution in [0.5, 0.6) is 0 Å². The molecule has 0 unspecified atom stereocenters. The molecule has 0 radical (unpaired) electrons. The molecule has 0 saturated heterocycles. The number of hydrogen-bond acceptors (Lipinski definition) is 4. The highest BCUT2D eigenvalue weighted by molar-refractivity contribution is 7.90. The Hall–Kier alpha value is -1.24. The second-order valence-electron chi connectivity index (χ2n) is 6.25. The van der Waals surface area contributed by atoms with E-state index in [1.54, 1.807) is 0 Å². The predicted molar refractivity (Wildman–Crippen MR) is 91.6 cm³/mol. The molecule has 1 aliphatic carbocycles. The van der Waals surface area contributed by atoms with E-state index in [-0.39, 0.29) is 5.78 Å². The smallest absolute Gasteiger partial charge is 0.214 e. The van der Waals surface area contributed by atoms with Crippen LogP contribution in [0.25, 0.3) is 0 Å². The Morgan fingerprint density at radius 1 is 1.17 bits per heavy atom. The van der Waals surface area contributed by atoms with E-state index in [9.17, 15) is 13.2 Å². The monoisotopic (exact) mass is 338 g/mol. The number of nitrogens with zero attached hydrogens (tertiary/aromatic N) is 1. The normalized spacial score (nSPS) is 16.9. The average Bonchev–Trinajstić information content (AvgIpc) is 2.53. The molecule has 0 amide bonds. The summed E-state index contributed by atoms with van der Waals surface area (Å²) < 4.78 is 27.1. The molecule has 0 atom stereocenters. The summed E-state index contributed by atoms with van der Waals surface area (Å²) in [5, 5.41) is -0.401. The van der Waals surface area contributed by atoms with Gasteiger partial charge in [-0.2, -0.15) is 0 Å². The fourth-order valence-corrected chi connectivity index (χ4v) is 4.40. The highest BCUT2D eigenvalue weighted by atomic mass is 32.2.